The molecule has 1 aromatic heterocycles. The molecule has 15 nitrogen and oxygen atoms in total. The van der Waals surface area contributed by atoms with Crippen LogP contribution < -0.4 is 24.8 Å². The van der Waals surface area contributed by atoms with E-state index in [9.17, 15) is 22.8 Å². The smallest absolute Gasteiger partial charge is 0.408 e. The SMILES string of the molecule is [2H]C([2H])([2H])C(C)(OC(=O)N[C@@H]1C(=O)N2C[C@H](Oc3nnc(OC)c4ccccc34)C[C@H]2C(=O)N[C@]2(C(=O)NS(=O)(=O)C3(C)CC3)CC2/C=C\CC[C@H](C)C[C@H]1CC)C([2H])([2H])[2H]. The molecule has 3 N–H and O–H groups in total. The fourth-order valence-electron chi connectivity index (χ4n) is 7.61. The molecule has 1 unspecified atom stereocenters. The lowest BCUT2D eigenvalue weighted by Crippen LogP contribution is -2.59. The van der Waals surface area contributed by atoms with Gasteiger partial charge in [-0.1, -0.05) is 44.6 Å². The number of fused-ring (bicyclic) bond motifs is 3. The quantitative estimate of drug-likeness (QED) is 0.325. The van der Waals surface area contributed by atoms with Gasteiger partial charge in [-0.2, -0.15) is 0 Å². The number of methoxy groups -OCH3 is 1. The number of hydrogen-bond acceptors (Lipinski definition) is 11. The van der Waals surface area contributed by atoms with Crippen molar-refractivity contribution in [2.75, 3.05) is 13.7 Å². The summed E-state index contributed by atoms with van der Waals surface area (Å²) in [4.78, 5) is 58.6. The number of ether oxygens (including phenoxy) is 3. The summed E-state index contributed by atoms with van der Waals surface area (Å²) in [6, 6.07) is 4.21. The van der Waals surface area contributed by atoms with Gasteiger partial charge in [0.15, 0.2) is 0 Å². The molecule has 2 saturated carbocycles. The number of benzene rings is 1. The number of alkyl carbamates (subject to hydrolysis) is 1. The number of allylic oxidation sites excluding steroid dienone is 1. The van der Waals surface area contributed by atoms with Crippen molar-refractivity contribution >= 4 is 44.6 Å². The number of rotatable bonds is 8. The summed E-state index contributed by atoms with van der Waals surface area (Å²) in [6.07, 6.45) is 3.82. The van der Waals surface area contributed by atoms with Gasteiger partial charge in [0, 0.05) is 20.6 Å². The van der Waals surface area contributed by atoms with E-state index in [1.807, 2.05) is 13.0 Å². The van der Waals surface area contributed by atoms with Crippen LogP contribution in [0.1, 0.15) is 101 Å². The molecule has 0 radical (unpaired) electrons. The van der Waals surface area contributed by atoms with Gasteiger partial charge in [0.05, 0.1) is 29.2 Å². The van der Waals surface area contributed by atoms with Crippen LogP contribution in [0.25, 0.3) is 10.8 Å². The Kier molecular flexibility index (Phi) is 9.06. The third kappa shape index (κ3) is 8.53. The van der Waals surface area contributed by atoms with Crippen LogP contribution in [0.3, 0.4) is 0 Å². The molecule has 4 aliphatic rings. The Hall–Kier alpha value is -4.47. The molecular weight excluding hydrogens is 729 g/mol. The third-order valence-electron chi connectivity index (χ3n) is 11.3. The fourth-order valence-corrected chi connectivity index (χ4v) is 8.92. The summed E-state index contributed by atoms with van der Waals surface area (Å²) in [5.41, 5.74) is -4.61. The minimum absolute atomic E-state index is 0.0494. The van der Waals surface area contributed by atoms with Crippen LogP contribution in [-0.4, -0.2) is 95.1 Å². The van der Waals surface area contributed by atoms with Crippen molar-refractivity contribution in [3.05, 3.63) is 36.4 Å². The highest BCUT2D eigenvalue weighted by molar-refractivity contribution is 7.91. The van der Waals surface area contributed by atoms with E-state index in [-0.39, 0.29) is 37.1 Å². The number of amides is 4. The second kappa shape index (κ2) is 15.2. The molecule has 0 spiro atoms. The summed E-state index contributed by atoms with van der Waals surface area (Å²) in [7, 11) is -2.65. The van der Waals surface area contributed by atoms with Gasteiger partial charge in [0.2, 0.25) is 33.6 Å². The van der Waals surface area contributed by atoms with Crippen molar-refractivity contribution in [1.82, 2.24) is 30.5 Å². The largest absolute Gasteiger partial charge is 0.479 e. The second-order valence-corrected chi connectivity index (χ2v) is 18.0. The van der Waals surface area contributed by atoms with Gasteiger partial charge in [-0.25, -0.2) is 13.2 Å². The van der Waals surface area contributed by atoms with Crippen LogP contribution >= 0.6 is 0 Å². The van der Waals surface area contributed by atoms with Gasteiger partial charge in [-0.15, -0.1) is 10.2 Å². The molecule has 55 heavy (non-hydrogen) atoms. The number of carbonyl (C=O) groups is 4. The van der Waals surface area contributed by atoms with Crippen LogP contribution in [-0.2, 0) is 29.1 Å². The lowest BCUT2D eigenvalue weighted by molar-refractivity contribution is -0.142. The van der Waals surface area contributed by atoms with Crippen LogP contribution in [0.2, 0.25) is 0 Å². The first-order valence-corrected chi connectivity index (χ1v) is 20.2. The molecule has 1 saturated heterocycles. The Morgan fingerprint density at radius 1 is 1.13 bits per heavy atom. The summed E-state index contributed by atoms with van der Waals surface area (Å²) >= 11 is 0. The third-order valence-corrected chi connectivity index (χ3v) is 13.4. The summed E-state index contributed by atoms with van der Waals surface area (Å²) < 4.78 is 92.0. The van der Waals surface area contributed by atoms with Gasteiger partial charge in [0.25, 0.3) is 5.91 Å². The van der Waals surface area contributed by atoms with E-state index >= 15 is 4.79 Å². The minimum atomic E-state index is -4.09. The van der Waals surface area contributed by atoms with Crippen molar-refractivity contribution in [3.8, 4) is 11.8 Å². The molecule has 2 aromatic rings. The fraction of sp³-hybridized carbons (Fsp3) is 0.641. The lowest BCUT2D eigenvalue weighted by Gasteiger charge is -2.34. The number of nitrogens with zero attached hydrogens (tertiary/aromatic N) is 3. The maximum Gasteiger partial charge on any atom is 0.408 e. The Morgan fingerprint density at radius 2 is 1.82 bits per heavy atom. The lowest BCUT2D eigenvalue weighted by atomic mass is 9.85. The maximum absolute atomic E-state index is 15.1. The van der Waals surface area contributed by atoms with E-state index in [2.05, 4.69) is 25.6 Å². The van der Waals surface area contributed by atoms with Gasteiger partial charge < -0.3 is 29.7 Å². The van der Waals surface area contributed by atoms with E-state index in [1.165, 1.54) is 18.9 Å². The Morgan fingerprint density at radius 3 is 2.47 bits per heavy atom. The second-order valence-electron chi connectivity index (χ2n) is 15.8. The van der Waals surface area contributed by atoms with E-state index < -0.39 is 93.5 Å². The summed E-state index contributed by atoms with van der Waals surface area (Å²) in [6.45, 7) is -0.744. The van der Waals surface area contributed by atoms with E-state index in [1.54, 1.807) is 37.3 Å². The normalized spacial score (nSPS) is 32.1. The van der Waals surface area contributed by atoms with Gasteiger partial charge in [-0.3, -0.25) is 19.1 Å². The summed E-state index contributed by atoms with van der Waals surface area (Å²) in [5.74, 6) is -3.38. The molecule has 3 heterocycles. The maximum atomic E-state index is 15.1. The van der Waals surface area contributed by atoms with E-state index in [4.69, 9.17) is 22.4 Å². The molecule has 7 atom stereocenters. The molecule has 16 heteroatoms. The predicted octanol–water partition coefficient (Wildman–Crippen LogP) is 4.16. The number of hydrogen-bond donors (Lipinski definition) is 3. The standard InChI is InChI=1S/C39H54N6O9S/c1-8-24-19-23(2)13-9-10-14-25-21-39(25,35(48)44-55(50,51)38(6)17-18-38)41-31(46)29-20-26(22-45(29)34(47)30(24)40-36(49)54-37(3,4)5)53-33-28-16-12-11-15-27(28)32(52-7)42-43-33/h10-12,14-16,23-26,29-30H,8-9,13,17-22H2,1-7H3,(H,40,49)(H,41,46)(H,44,48)/b14-10-/t23-,24+,25?,26+,29-,30-,39+/m0/s1/i3D3,4D3. The highest BCUT2D eigenvalue weighted by Gasteiger charge is 2.63. The minimum Gasteiger partial charge on any atom is -0.479 e. The molecule has 3 fully saturated rings. The zero-order valence-corrected chi connectivity index (χ0v) is 32.5. The van der Waals surface area contributed by atoms with Crippen LogP contribution in [0.5, 0.6) is 11.8 Å². The van der Waals surface area contributed by atoms with Gasteiger partial charge in [0.1, 0.15) is 29.3 Å². The first kappa shape index (κ1) is 32.7. The highest BCUT2D eigenvalue weighted by Crippen LogP contribution is 2.47. The Balaban J connectivity index is 1.39. The molecule has 300 valence electrons. The predicted molar refractivity (Wildman–Crippen MR) is 203 cm³/mol. The molecule has 1 aromatic carbocycles. The molecule has 6 rings (SSSR count). The van der Waals surface area contributed by atoms with Crippen molar-refractivity contribution in [2.24, 2.45) is 17.8 Å². The molecule has 4 amide bonds. The monoisotopic (exact) mass is 788 g/mol. The van der Waals surface area contributed by atoms with Crippen LogP contribution in [0.15, 0.2) is 36.4 Å². The number of aromatic nitrogens is 2. The topological polar surface area (TPSA) is 195 Å². The Bertz CT molecular complexity index is 2170. The first-order valence-electron chi connectivity index (χ1n) is 21.7. The molecule has 2 aliphatic carbocycles. The number of sulfonamides is 1. The zero-order valence-electron chi connectivity index (χ0n) is 37.7. The van der Waals surface area contributed by atoms with Crippen molar-refractivity contribution in [3.63, 3.8) is 0 Å². The number of nitrogens with one attached hydrogen (secondary N) is 3. The number of carbonyl (C=O) groups excluding carboxylic acids is 4. The molecule has 0 bridgehead atoms. The average molecular weight is 789 g/mol. The average Bonchev–Trinajstić information content (AvgIpc) is 4.06. The van der Waals surface area contributed by atoms with E-state index in [0.29, 0.717) is 49.3 Å². The van der Waals surface area contributed by atoms with Gasteiger partial charge >= 0.3 is 6.09 Å². The summed E-state index contributed by atoms with van der Waals surface area (Å²) in [5, 5.41) is 14.7. The Labute approximate surface area is 331 Å². The first-order chi connectivity index (χ1) is 28.4. The molecular formula is C39H54N6O9S. The van der Waals surface area contributed by atoms with E-state index in [0.717, 1.165) is 6.92 Å². The van der Waals surface area contributed by atoms with Crippen LogP contribution in [0.4, 0.5) is 4.79 Å². The van der Waals surface area contributed by atoms with Crippen molar-refractivity contribution in [2.45, 2.75) is 127 Å². The highest BCUT2D eigenvalue weighted by atomic mass is 32.2. The van der Waals surface area contributed by atoms with Gasteiger partial charge in [-0.05, 0) is 90.0 Å². The molecule has 2 aliphatic heterocycles. The van der Waals surface area contributed by atoms with Crippen molar-refractivity contribution in [1.29, 1.82) is 0 Å². The zero-order chi connectivity index (χ0) is 44.9. The van der Waals surface area contributed by atoms with Crippen molar-refractivity contribution < 1.29 is 50.0 Å². The van der Waals surface area contributed by atoms with Crippen LogP contribution in [0, 0.1) is 17.8 Å².